The minimum absolute atomic E-state index is 0.0336. The maximum atomic E-state index is 11.1. The van der Waals surface area contributed by atoms with Crippen molar-refractivity contribution in [3.63, 3.8) is 0 Å². The molecule has 1 heterocycles. The Morgan fingerprint density at radius 3 is 2.41 bits per heavy atom. The highest BCUT2D eigenvalue weighted by atomic mass is 32.2. The van der Waals surface area contributed by atoms with Crippen LogP contribution in [0.25, 0.3) is 11.3 Å². The zero-order valence-corrected chi connectivity index (χ0v) is 10.1. The van der Waals surface area contributed by atoms with Crippen LogP contribution in [0.1, 0.15) is 5.56 Å². The Morgan fingerprint density at radius 1 is 1.29 bits per heavy atom. The first-order chi connectivity index (χ1) is 7.94. The molecule has 6 heteroatoms. The van der Waals surface area contributed by atoms with Crippen LogP contribution in [-0.4, -0.2) is 19.8 Å². The third-order valence-electron chi connectivity index (χ3n) is 2.20. The summed E-state index contributed by atoms with van der Waals surface area (Å²) in [5.74, 6) is 0.917. The van der Waals surface area contributed by atoms with Crippen molar-refractivity contribution in [3.8, 4) is 11.3 Å². The van der Waals surface area contributed by atoms with E-state index in [-0.39, 0.29) is 5.75 Å². The van der Waals surface area contributed by atoms with Gasteiger partial charge < -0.3 is 10.3 Å². The highest BCUT2D eigenvalue weighted by molar-refractivity contribution is 7.89. The molecule has 0 spiro atoms. The topological polar surface area (TPSA) is 86.2 Å². The van der Waals surface area contributed by atoms with Crippen molar-refractivity contribution in [2.75, 3.05) is 12.0 Å². The fourth-order valence-electron chi connectivity index (χ4n) is 1.49. The first-order valence-electron chi connectivity index (χ1n) is 4.93. The molecule has 0 amide bonds. The Balaban J connectivity index is 2.24. The third-order valence-corrected chi connectivity index (χ3v) is 3.05. The molecule has 1 aromatic heterocycles. The zero-order valence-electron chi connectivity index (χ0n) is 9.25. The predicted octanol–water partition coefficient (Wildman–Crippen LogP) is 1.47. The Labute approximate surface area is 99.1 Å². The van der Waals surface area contributed by atoms with Gasteiger partial charge in [-0.3, -0.25) is 0 Å². The van der Waals surface area contributed by atoms with Crippen LogP contribution in [0.5, 0.6) is 0 Å². The monoisotopic (exact) mass is 252 g/mol. The molecule has 2 aromatic rings. The van der Waals surface area contributed by atoms with Crippen LogP contribution in [0.4, 0.5) is 5.82 Å². The number of hydrogen-bond acceptors (Lipinski definition) is 5. The predicted molar refractivity (Wildman–Crippen MR) is 64.9 cm³/mol. The van der Waals surface area contributed by atoms with E-state index in [1.807, 2.05) is 0 Å². The second kappa shape index (κ2) is 4.21. The summed E-state index contributed by atoms with van der Waals surface area (Å²) in [4.78, 5) is 0. The third kappa shape index (κ3) is 3.07. The normalized spacial score (nSPS) is 11.6. The lowest BCUT2D eigenvalue weighted by molar-refractivity contribution is 0.436. The molecule has 90 valence electrons. The van der Waals surface area contributed by atoms with Gasteiger partial charge in [0.05, 0.1) is 5.75 Å². The molecule has 0 aliphatic carbocycles. The molecule has 5 nitrogen and oxygen atoms in total. The van der Waals surface area contributed by atoms with Crippen molar-refractivity contribution in [1.29, 1.82) is 0 Å². The van der Waals surface area contributed by atoms with Crippen molar-refractivity contribution in [3.05, 3.63) is 35.9 Å². The van der Waals surface area contributed by atoms with E-state index in [9.17, 15) is 8.42 Å². The largest absolute Gasteiger partial charge is 0.381 e. The first kappa shape index (κ1) is 11.7. The number of nitrogens with two attached hydrogens (primary N) is 1. The van der Waals surface area contributed by atoms with Crippen molar-refractivity contribution in [1.82, 2.24) is 5.16 Å². The molecule has 17 heavy (non-hydrogen) atoms. The van der Waals surface area contributed by atoms with Crippen LogP contribution >= 0.6 is 0 Å². The maximum absolute atomic E-state index is 11.1. The van der Waals surface area contributed by atoms with Crippen LogP contribution in [0.15, 0.2) is 34.9 Å². The fraction of sp³-hybridized carbons (Fsp3) is 0.182. The van der Waals surface area contributed by atoms with Gasteiger partial charge in [-0.2, -0.15) is 0 Å². The van der Waals surface area contributed by atoms with Gasteiger partial charge in [0.15, 0.2) is 21.4 Å². The fourth-order valence-corrected chi connectivity index (χ4v) is 2.29. The first-order valence-corrected chi connectivity index (χ1v) is 6.99. The van der Waals surface area contributed by atoms with E-state index in [1.54, 1.807) is 30.3 Å². The number of hydrogen-bond donors (Lipinski definition) is 1. The summed E-state index contributed by atoms with van der Waals surface area (Å²) in [6, 6.07) is 8.66. The number of aromatic nitrogens is 1. The van der Waals surface area contributed by atoms with Crippen LogP contribution < -0.4 is 5.73 Å². The van der Waals surface area contributed by atoms with Crippen LogP contribution in [0.2, 0.25) is 0 Å². The number of nitrogens with zero attached hydrogens (tertiary/aromatic N) is 1. The summed E-state index contributed by atoms with van der Waals surface area (Å²) in [7, 11) is -3.01. The number of nitrogen functional groups attached to an aromatic ring is 1. The molecule has 2 rings (SSSR count). The molecule has 0 aliphatic rings. The highest BCUT2D eigenvalue weighted by Gasteiger charge is 2.07. The van der Waals surface area contributed by atoms with E-state index >= 15 is 0 Å². The van der Waals surface area contributed by atoms with Gasteiger partial charge in [0.25, 0.3) is 0 Å². The Bertz CT molecular complexity index is 614. The van der Waals surface area contributed by atoms with Gasteiger partial charge in [-0.25, -0.2) is 8.42 Å². The van der Waals surface area contributed by atoms with E-state index in [2.05, 4.69) is 5.16 Å². The summed E-state index contributed by atoms with van der Waals surface area (Å²) in [5, 5.41) is 3.58. The lowest BCUT2D eigenvalue weighted by Gasteiger charge is -2.00. The molecule has 0 fully saturated rings. The Kier molecular flexibility index (Phi) is 2.89. The summed E-state index contributed by atoms with van der Waals surface area (Å²) >= 11 is 0. The average molecular weight is 252 g/mol. The molecule has 0 saturated carbocycles. The van der Waals surface area contributed by atoms with Gasteiger partial charge in [-0.05, 0) is 5.56 Å². The SMILES string of the molecule is CS(=O)(=O)Cc1ccc(-c2cc(N)no2)cc1. The average Bonchev–Trinajstić information content (AvgIpc) is 2.63. The lowest BCUT2D eigenvalue weighted by Crippen LogP contribution is -2.00. The quantitative estimate of drug-likeness (QED) is 0.893. The number of benzene rings is 1. The molecule has 0 bridgehead atoms. The summed E-state index contributed by atoms with van der Waals surface area (Å²) in [6.07, 6.45) is 1.21. The van der Waals surface area contributed by atoms with Crippen molar-refractivity contribution in [2.24, 2.45) is 0 Å². The smallest absolute Gasteiger partial charge is 0.169 e. The maximum Gasteiger partial charge on any atom is 0.169 e. The molecule has 0 radical (unpaired) electrons. The van der Waals surface area contributed by atoms with Gasteiger partial charge >= 0.3 is 0 Å². The second-order valence-electron chi connectivity index (χ2n) is 3.88. The number of anilines is 1. The van der Waals surface area contributed by atoms with Crippen molar-refractivity contribution >= 4 is 15.7 Å². The number of sulfone groups is 1. The summed E-state index contributed by atoms with van der Waals surface area (Å²) < 4.78 is 27.2. The van der Waals surface area contributed by atoms with E-state index in [0.717, 1.165) is 11.1 Å². The minimum atomic E-state index is -3.01. The molecule has 1 aromatic carbocycles. The molecular weight excluding hydrogens is 240 g/mol. The van der Waals surface area contributed by atoms with E-state index in [4.69, 9.17) is 10.3 Å². The van der Waals surface area contributed by atoms with Crippen LogP contribution in [-0.2, 0) is 15.6 Å². The van der Waals surface area contributed by atoms with Gasteiger partial charge in [-0.1, -0.05) is 29.4 Å². The van der Waals surface area contributed by atoms with E-state index < -0.39 is 9.84 Å². The van der Waals surface area contributed by atoms with E-state index in [1.165, 1.54) is 6.26 Å². The second-order valence-corrected chi connectivity index (χ2v) is 6.02. The standard InChI is InChI=1S/C11H12N2O3S/c1-17(14,15)7-8-2-4-9(5-3-8)10-6-11(12)13-16-10/h2-6H,7H2,1H3,(H2,12,13). The highest BCUT2D eigenvalue weighted by Crippen LogP contribution is 2.21. The Morgan fingerprint density at radius 2 is 1.94 bits per heavy atom. The molecule has 0 atom stereocenters. The summed E-state index contributed by atoms with van der Waals surface area (Å²) in [6.45, 7) is 0. The lowest BCUT2D eigenvalue weighted by atomic mass is 10.1. The van der Waals surface area contributed by atoms with Gasteiger partial charge in [0.2, 0.25) is 0 Å². The van der Waals surface area contributed by atoms with Gasteiger partial charge in [0, 0.05) is 17.9 Å². The summed E-state index contributed by atoms with van der Waals surface area (Å²) in [5.41, 5.74) is 7.00. The molecule has 2 N–H and O–H groups in total. The van der Waals surface area contributed by atoms with Crippen LogP contribution in [0.3, 0.4) is 0 Å². The number of rotatable bonds is 3. The molecule has 0 unspecified atom stereocenters. The Hall–Kier alpha value is -1.82. The molecule has 0 aliphatic heterocycles. The zero-order chi connectivity index (χ0) is 12.5. The molecular formula is C11H12N2O3S. The molecule has 0 saturated heterocycles. The van der Waals surface area contributed by atoms with Crippen molar-refractivity contribution in [2.45, 2.75) is 5.75 Å². The minimum Gasteiger partial charge on any atom is -0.381 e. The van der Waals surface area contributed by atoms with Gasteiger partial charge in [0.1, 0.15) is 0 Å². The van der Waals surface area contributed by atoms with Crippen LogP contribution in [0, 0.1) is 0 Å². The van der Waals surface area contributed by atoms with E-state index in [0.29, 0.717) is 11.6 Å². The van der Waals surface area contributed by atoms with Gasteiger partial charge in [-0.15, -0.1) is 0 Å². The van der Waals surface area contributed by atoms with Crippen molar-refractivity contribution < 1.29 is 12.9 Å².